The molecule has 0 atom stereocenters. The molecule has 1 aliphatic rings. The highest BCUT2D eigenvalue weighted by Gasteiger charge is 2.33. The lowest BCUT2D eigenvalue weighted by molar-refractivity contribution is -0.137. The van der Waals surface area contributed by atoms with E-state index < -0.39 is 22.8 Å². The molecule has 24 heavy (non-hydrogen) atoms. The quantitative estimate of drug-likeness (QED) is 0.827. The molecule has 126 valence electrons. The molecule has 2 amide bonds. The van der Waals surface area contributed by atoms with Crippen LogP contribution < -0.4 is 5.32 Å². The first-order valence-electron chi connectivity index (χ1n) is 7.20. The van der Waals surface area contributed by atoms with Crippen molar-refractivity contribution in [3.63, 3.8) is 0 Å². The summed E-state index contributed by atoms with van der Waals surface area (Å²) in [6, 6.07) is 6.54. The van der Waals surface area contributed by atoms with E-state index in [1.807, 2.05) is 12.1 Å². The van der Waals surface area contributed by atoms with E-state index in [-0.39, 0.29) is 5.69 Å². The third-order valence-electron chi connectivity index (χ3n) is 3.79. The number of nitrogens with one attached hydrogen (secondary N) is 1. The summed E-state index contributed by atoms with van der Waals surface area (Å²) < 4.78 is 38.1. The molecule has 0 unspecified atom stereocenters. The maximum Gasteiger partial charge on any atom is 0.417 e. The van der Waals surface area contributed by atoms with Crippen molar-refractivity contribution in [3.8, 4) is 0 Å². The zero-order valence-corrected chi connectivity index (χ0v) is 13.2. The van der Waals surface area contributed by atoms with Crippen LogP contribution >= 0.6 is 11.6 Å². The molecule has 0 radical (unpaired) electrons. The Bertz CT molecular complexity index is 779. The molecule has 2 aromatic rings. The molecule has 2 heterocycles. The van der Waals surface area contributed by atoms with Crippen LogP contribution in [-0.2, 0) is 19.1 Å². The lowest BCUT2D eigenvalue weighted by Gasteiger charge is -2.28. The first kappa shape index (κ1) is 16.6. The van der Waals surface area contributed by atoms with Gasteiger partial charge in [-0.3, -0.25) is 4.98 Å². The number of carbonyl (C=O) groups excluding carboxylic acids is 1. The number of halogens is 4. The van der Waals surface area contributed by atoms with E-state index in [1.54, 1.807) is 11.1 Å². The Labute approximate surface area is 141 Å². The second-order valence-electron chi connectivity index (χ2n) is 5.40. The fourth-order valence-corrected chi connectivity index (χ4v) is 2.84. The minimum absolute atomic E-state index is 0.213. The van der Waals surface area contributed by atoms with Crippen molar-refractivity contribution in [2.75, 3.05) is 11.9 Å². The third kappa shape index (κ3) is 3.46. The smallest absolute Gasteiger partial charge is 0.318 e. The van der Waals surface area contributed by atoms with Gasteiger partial charge in [-0.05, 0) is 36.2 Å². The summed E-state index contributed by atoms with van der Waals surface area (Å²) in [6.45, 7) is 0.870. The summed E-state index contributed by atoms with van der Waals surface area (Å²) in [7, 11) is 0. The monoisotopic (exact) mass is 355 g/mol. The van der Waals surface area contributed by atoms with E-state index in [0.717, 1.165) is 23.4 Å². The highest BCUT2D eigenvalue weighted by molar-refractivity contribution is 6.31. The molecule has 1 aliphatic heterocycles. The van der Waals surface area contributed by atoms with E-state index in [1.165, 1.54) is 6.07 Å². The number of hydrogen-bond acceptors (Lipinski definition) is 2. The summed E-state index contributed by atoms with van der Waals surface area (Å²) in [4.78, 5) is 18.1. The van der Waals surface area contributed by atoms with Gasteiger partial charge >= 0.3 is 12.2 Å². The molecule has 1 aromatic carbocycles. The number of carbonyl (C=O) groups is 1. The van der Waals surface area contributed by atoms with Gasteiger partial charge in [0.1, 0.15) is 0 Å². The Balaban J connectivity index is 1.71. The summed E-state index contributed by atoms with van der Waals surface area (Å²) >= 11 is 5.66. The number of urea groups is 1. The number of hydrogen-bond donors (Lipinski definition) is 1. The number of amides is 2. The minimum atomic E-state index is -4.53. The van der Waals surface area contributed by atoms with E-state index in [9.17, 15) is 18.0 Å². The molecule has 8 heteroatoms. The molecule has 0 fully saturated rings. The molecular formula is C16H13ClF3N3O. The zero-order chi connectivity index (χ0) is 17.3. The predicted octanol–water partition coefficient (Wildman–Crippen LogP) is 4.34. The van der Waals surface area contributed by atoms with Crippen LogP contribution in [-0.4, -0.2) is 22.5 Å². The standard InChI is InChI=1S/C16H13ClF3N3O/c17-13-8-11(3-4-12(13)16(18,19)20)22-15(24)23-7-5-10-2-1-6-21-14(10)9-23/h1-4,6,8H,5,7,9H2,(H,22,24). The van der Waals surface area contributed by atoms with Gasteiger partial charge in [0.15, 0.2) is 0 Å². The molecule has 0 saturated carbocycles. The summed E-state index contributed by atoms with van der Waals surface area (Å²) in [5.74, 6) is 0. The van der Waals surface area contributed by atoms with Gasteiger partial charge in [0.05, 0.1) is 22.8 Å². The lowest BCUT2D eigenvalue weighted by atomic mass is 10.1. The average Bonchev–Trinajstić information content (AvgIpc) is 2.53. The van der Waals surface area contributed by atoms with E-state index in [0.29, 0.717) is 19.5 Å². The van der Waals surface area contributed by atoms with Gasteiger partial charge in [-0.15, -0.1) is 0 Å². The number of rotatable bonds is 1. The van der Waals surface area contributed by atoms with Gasteiger partial charge in [-0.1, -0.05) is 17.7 Å². The molecule has 0 saturated heterocycles. The van der Waals surface area contributed by atoms with Crippen molar-refractivity contribution >= 4 is 23.3 Å². The Morgan fingerprint density at radius 3 is 2.79 bits per heavy atom. The first-order chi connectivity index (χ1) is 11.3. The molecule has 1 N–H and O–H groups in total. The van der Waals surface area contributed by atoms with Gasteiger partial charge in [-0.2, -0.15) is 13.2 Å². The van der Waals surface area contributed by atoms with Crippen LogP contribution in [0.4, 0.5) is 23.7 Å². The fraction of sp³-hybridized carbons (Fsp3) is 0.250. The summed E-state index contributed by atoms with van der Waals surface area (Å²) in [5, 5.41) is 2.12. The van der Waals surface area contributed by atoms with Gasteiger partial charge in [-0.25, -0.2) is 4.79 Å². The van der Waals surface area contributed by atoms with Gasteiger partial charge in [0, 0.05) is 18.4 Å². The maximum atomic E-state index is 12.7. The molecule has 0 spiro atoms. The first-order valence-corrected chi connectivity index (χ1v) is 7.58. The Kier molecular flexibility index (Phi) is 4.36. The normalized spacial score (nSPS) is 14.2. The topological polar surface area (TPSA) is 45.2 Å². The number of alkyl halides is 3. The van der Waals surface area contributed by atoms with Crippen LogP contribution in [0, 0.1) is 0 Å². The zero-order valence-electron chi connectivity index (χ0n) is 12.4. The van der Waals surface area contributed by atoms with Gasteiger partial charge in [0.2, 0.25) is 0 Å². The minimum Gasteiger partial charge on any atom is -0.318 e. The number of anilines is 1. The number of fused-ring (bicyclic) bond motifs is 1. The SMILES string of the molecule is O=C(Nc1ccc(C(F)(F)F)c(Cl)c1)N1CCc2cccnc2C1. The highest BCUT2D eigenvalue weighted by Crippen LogP contribution is 2.35. The third-order valence-corrected chi connectivity index (χ3v) is 4.10. The van der Waals surface area contributed by atoms with Crippen molar-refractivity contribution in [1.29, 1.82) is 0 Å². The van der Waals surface area contributed by atoms with E-state index >= 15 is 0 Å². The largest absolute Gasteiger partial charge is 0.417 e. The summed E-state index contributed by atoms with van der Waals surface area (Å²) in [5.41, 5.74) is 1.20. The number of nitrogens with zero attached hydrogens (tertiary/aromatic N) is 2. The van der Waals surface area contributed by atoms with Crippen molar-refractivity contribution in [2.45, 2.75) is 19.1 Å². The van der Waals surface area contributed by atoms with Crippen LogP contribution in [0.25, 0.3) is 0 Å². The van der Waals surface area contributed by atoms with Crippen molar-refractivity contribution < 1.29 is 18.0 Å². The van der Waals surface area contributed by atoms with Crippen LogP contribution in [0.3, 0.4) is 0 Å². The van der Waals surface area contributed by atoms with Crippen LogP contribution in [0.1, 0.15) is 16.8 Å². The maximum absolute atomic E-state index is 12.7. The Morgan fingerprint density at radius 1 is 1.29 bits per heavy atom. The van der Waals surface area contributed by atoms with Crippen molar-refractivity contribution in [2.24, 2.45) is 0 Å². The molecule has 4 nitrogen and oxygen atoms in total. The molecule has 0 bridgehead atoms. The number of benzene rings is 1. The average molecular weight is 356 g/mol. The van der Waals surface area contributed by atoms with Gasteiger partial charge < -0.3 is 10.2 Å². The molecule has 3 rings (SSSR count). The Morgan fingerprint density at radius 2 is 2.08 bits per heavy atom. The van der Waals surface area contributed by atoms with Gasteiger partial charge in [0.25, 0.3) is 0 Å². The molecular weight excluding hydrogens is 343 g/mol. The second-order valence-corrected chi connectivity index (χ2v) is 5.81. The second kappa shape index (κ2) is 6.32. The van der Waals surface area contributed by atoms with E-state index in [2.05, 4.69) is 10.3 Å². The van der Waals surface area contributed by atoms with E-state index in [4.69, 9.17) is 11.6 Å². The number of pyridine rings is 1. The molecule has 0 aliphatic carbocycles. The molecule has 1 aromatic heterocycles. The van der Waals surface area contributed by atoms with Crippen LogP contribution in [0.2, 0.25) is 5.02 Å². The summed E-state index contributed by atoms with van der Waals surface area (Å²) in [6.07, 6.45) is -2.18. The van der Waals surface area contributed by atoms with Crippen LogP contribution in [0.5, 0.6) is 0 Å². The van der Waals surface area contributed by atoms with Crippen LogP contribution in [0.15, 0.2) is 36.5 Å². The van der Waals surface area contributed by atoms with Crippen molar-refractivity contribution in [3.05, 3.63) is 58.4 Å². The lowest BCUT2D eigenvalue weighted by Crippen LogP contribution is -2.39. The van der Waals surface area contributed by atoms with Crippen molar-refractivity contribution in [1.82, 2.24) is 9.88 Å². The highest BCUT2D eigenvalue weighted by atomic mass is 35.5. The fourth-order valence-electron chi connectivity index (χ4n) is 2.56. The predicted molar refractivity (Wildman–Crippen MR) is 83.8 cm³/mol. The Hall–Kier alpha value is -2.28. The number of aromatic nitrogens is 1.